The molecule has 0 atom stereocenters. The highest BCUT2D eigenvalue weighted by atomic mass is 16.3. The smallest absolute Gasteiger partial charge is 0.261 e. The van der Waals surface area contributed by atoms with Gasteiger partial charge in [-0.05, 0) is 31.2 Å². The number of benzene rings is 2. The van der Waals surface area contributed by atoms with Crippen molar-refractivity contribution in [3.05, 3.63) is 53.6 Å². The molecule has 0 spiro atoms. The van der Waals surface area contributed by atoms with Gasteiger partial charge in [0, 0.05) is 18.8 Å². The fourth-order valence-corrected chi connectivity index (χ4v) is 1.82. The van der Waals surface area contributed by atoms with E-state index in [9.17, 15) is 15.0 Å². The highest BCUT2D eigenvalue weighted by Gasteiger charge is 2.17. The fraction of sp³-hybridized carbons (Fsp3) is 0.133. The summed E-state index contributed by atoms with van der Waals surface area (Å²) in [5.41, 5.74) is 1.70. The number of hydrogen-bond donors (Lipinski definition) is 2. The number of phenolic OH excluding ortho intramolecular Hbond substituents is 2. The molecule has 0 fully saturated rings. The minimum absolute atomic E-state index is 0.0531. The Balaban J connectivity index is 2.36. The minimum Gasteiger partial charge on any atom is -0.508 e. The van der Waals surface area contributed by atoms with E-state index in [1.807, 2.05) is 6.92 Å². The molecule has 1 amide bonds. The molecule has 2 rings (SSSR count). The number of nitrogens with zero attached hydrogens (tertiary/aromatic N) is 1. The Labute approximate surface area is 111 Å². The van der Waals surface area contributed by atoms with Gasteiger partial charge in [-0.2, -0.15) is 0 Å². The molecule has 4 heteroatoms. The number of anilines is 1. The van der Waals surface area contributed by atoms with E-state index in [-0.39, 0.29) is 23.0 Å². The molecule has 0 saturated heterocycles. The molecule has 98 valence electrons. The van der Waals surface area contributed by atoms with Gasteiger partial charge in [-0.15, -0.1) is 0 Å². The van der Waals surface area contributed by atoms with E-state index in [0.29, 0.717) is 5.69 Å². The molecule has 0 aliphatic rings. The second-order valence-electron chi connectivity index (χ2n) is 4.40. The first-order chi connectivity index (χ1) is 8.99. The van der Waals surface area contributed by atoms with Crippen LogP contribution in [0.5, 0.6) is 11.5 Å². The Morgan fingerprint density at radius 3 is 2.53 bits per heavy atom. The maximum Gasteiger partial charge on any atom is 0.261 e. The summed E-state index contributed by atoms with van der Waals surface area (Å²) in [6.07, 6.45) is 0. The average molecular weight is 257 g/mol. The van der Waals surface area contributed by atoms with Crippen LogP contribution in [0.4, 0.5) is 5.69 Å². The van der Waals surface area contributed by atoms with Crippen molar-refractivity contribution in [1.29, 1.82) is 0 Å². The summed E-state index contributed by atoms with van der Waals surface area (Å²) in [5.74, 6) is -0.292. The number of rotatable bonds is 2. The summed E-state index contributed by atoms with van der Waals surface area (Å²) >= 11 is 0. The monoisotopic (exact) mass is 257 g/mol. The third-order valence-corrected chi connectivity index (χ3v) is 2.90. The van der Waals surface area contributed by atoms with Crippen LogP contribution in [0.25, 0.3) is 0 Å². The van der Waals surface area contributed by atoms with Crippen molar-refractivity contribution in [2.24, 2.45) is 0 Å². The van der Waals surface area contributed by atoms with E-state index in [1.165, 1.54) is 23.1 Å². The Bertz CT molecular complexity index is 623. The molecule has 0 saturated carbocycles. The lowest BCUT2D eigenvalue weighted by Crippen LogP contribution is -2.26. The van der Waals surface area contributed by atoms with Crippen LogP contribution in [-0.2, 0) is 0 Å². The quantitative estimate of drug-likeness (QED) is 0.869. The van der Waals surface area contributed by atoms with Crippen LogP contribution in [0.15, 0.2) is 42.5 Å². The highest BCUT2D eigenvalue weighted by molar-refractivity contribution is 6.07. The lowest BCUT2D eigenvalue weighted by atomic mass is 10.1. The SMILES string of the molecule is Cc1ccc(O)c(C(=O)N(C)c2cccc(O)c2)c1. The van der Waals surface area contributed by atoms with Gasteiger partial charge in [0.1, 0.15) is 11.5 Å². The third kappa shape index (κ3) is 2.68. The first-order valence-electron chi connectivity index (χ1n) is 5.86. The normalized spacial score (nSPS) is 10.2. The Hall–Kier alpha value is -2.49. The molecule has 0 aromatic heterocycles. The molecular formula is C15H15NO3. The van der Waals surface area contributed by atoms with Crippen molar-refractivity contribution in [3.63, 3.8) is 0 Å². The zero-order valence-electron chi connectivity index (χ0n) is 10.8. The van der Waals surface area contributed by atoms with Gasteiger partial charge in [0.25, 0.3) is 5.91 Å². The average Bonchev–Trinajstić information content (AvgIpc) is 2.40. The molecule has 0 radical (unpaired) electrons. The number of aromatic hydroxyl groups is 2. The molecule has 19 heavy (non-hydrogen) atoms. The van der Waals surface area contributed by atoms with Gasteiger partial charge < -0.3 is 15.1 Å². The molecule has 4 nitrogen and oxygen atoms in total. The summed E-state index contributed by atoms with van der Waals surface area (Å²) in [6, 6.07) is 11.3. The summed E-state index contributed by atoms with van der Waals surface area (Å²) in [5, 5.41) is 19.2. The predicted molar refractivity (Wildman–Crippen MR) is 73.7 cm³/mol. The van der Waals surface area contributed by atoms with Crippen molar-refractivity contribution < 1.29 is 15.0 Å². The molecule has 2 aromatic carbocycles. The Morgan fingerprint density at radius 1 is 1.11 bits per heavy atom. The maximum absolute atomic E-state index is 12.3. The predicted octanol–water partition coefficient (Wildman–Crippen LogP) is 2.68. The molecule has 0 unspecified atom stereocenters. The maximum atomic E-state index is 12.3. The lowest BCUT2D eigenvalue weighted by Gasteiger charge is -2.18. The van der Waals surface area contributed by atoms with Crippen molar-refractivity contribution in [3.8, 4) is 11.5 Å². The van der Waals surface area contributed by atoms with E-state index in [4.69, 9.17) is 0 Å². The second-order valence-corrected chi connectivity index (χ2v) is 4.40. The number of aryl methyl sites for hydroxylation is 1. The Kier molecular flexibility index (Phi) is 3.42. The number of amides is 1. The largest absolute Gasteiger partial charge is 0.508 e. The molecule has 2 N–H and O–H groups in total. The van der Waals surface area contributed by atoms with Crippen molar-refractivity contribution in [2.45, 2.75) is 6.92 Å². The van der Waals surface area contributed by atoms with Gasteiger partial charge >= 0.3 is 0 Å². The molecule has 0 bridgehead atoms. The molecule has 0 heterocycles. The second kappa shape index (κ2) is 5.02. The van der Waals surface area contributed by atoms with Crippen molar-refractivity contribution in [1.82, 2.24) is 0 Å². The number of carbonyl (C=O) groups is 1. The minimum atomic E-state index is -0.327. The molecule has 0 aliphatic heterocycles. The van der Waals surface area contributed by atoms with Crippen LogP contribution in [-0.4, -0.2) is 23.2 Å². The van der Waals surface area contributed by atoms with Gasteiger partial charge in [0.05, 0.1) is 5.56 Å². The highest BCUT2D eigenvalue weighted by Crippen LogP contribution is 2.24. The van der Waals surface area contributed by atoms with Gasteiger partial charge in [-0.25, -0.2) is 0 Å². The first-order valence-corrected chi connectivity index (χ1v) is 5.86. The zero-order chi connectivity index (χ0) is 14.0. The van der Waals surface area contributed by atoms with Gasteiger partial charge in [0.15, 0.2) is 0 Å². The number of phenols is 2. The summed E-state index contributed by atoms with van der Waals surface area (Å²) in [6.45, 7) is 1.85. The fourth-order valence-electron chi connectivity index (χ4n) is 1.82. The lowest BCUT2D eigenvalue weighted by molar-refractivity contribution is 0.0990. The molecule has 0 aliphatic carbocycles. The van der Waals surface area contributed by atoms with Crippen LogP contribution >= 0.6 is 0 Å². The Morgan fingerprint density at radius 2 is 1.84 bits per heavy atom. The summed E-state index contributed by atoms with van der Waals surface area (Å²) in [4.78, 5) is 13.7. The van der Waals surface area contributed by atoms with Gasteiger partial charge in [-0.1, -0.05) is 17.7 Å². The zero-order valence-corrected chi connectivity index (χ0v) is 10.8. The topological polar surface area (TPSA) is 60.8 Å². The van der Waals surface area contributed by atoms with Gasteiger partial charge in [0.2, 0.25) is 0 Å². The van der Waals surface area contributed by atoms with Crippen molar-refractivity contribution >= 4 is 11.6 Å². The van der Waals surface area contributed by atoms with Gasteiger partial charge in [-0.3, -0.25) is 4.79 Å². The first kappa shape index (κ1) is 13.0. The summed E-state index contributed by atoms with van der Waals surface area (Å²) in [7, 11) is 1.60. The van der Waals surface area contributed by atoms with Crippen LogP contribution in [0.1, 0.15) is 15.9 Å². The third-order valence-electron chi connectivity index (χ3n) is 2.90. The van der Waals surface area contributed by atoms with Crippen LogP contribution in [0.3, 0.4) is 0 Å². The molecule has 2 aromatic rings. The van der Waals surface area contributed by atoms with Crippen molar-refractivity contribution in [2.75, 3.05) is 11.9 Å². The van der Waals surface area contributed by atoms with E-state index < -0.39 is 0 Å². The number of hydrogen-bond acceptors (Lipinski definition) is 3. The summed E-state index contributed by atoms with van der Waals surface area (Å²) < 4.78 is 0. The van der Waals surface area contributed by atoms with E-state index in [1.54, 1.807) is 31.3 Å². The van der Waals surface area contributed by atoms with Crippen LogP contribution in [0, 0.1) is 6.92 Å². The standard InChI is InChI=1S/C15H15NO3/c1-10-6-7-14(18)13(8-10)15(19)16(2)11-4-3-5-12(17)9-11/h3-9,17-18H,1-2H3. The van der Waals surface area contributed by atoms with Crippen LogP contribution in [0.2, 0.25) is 0 Å². The van der Waals surface area contributed by atoms with Crippen LogP contribution < -0.4 is 4.90 Å². The molecular weight excluding hydrogens is 242 g/mol. The van der Waals surface area contributed by atoms with E-state index >= 15 is 0 Å². The van der Waals surface area contributed by atoms with E-state index in [2.05, 4.69) is 0 Å². The number of carbonyl (C=O) groups excluding carboxylic acids is 1. The van der Waals surface area contributed by atoms with E-state index in [0.717, 1.165) is 5.56 Å².